The largest absolute Gasteiger partial charge is 0.243 e. The highest BCUT2D eigenvalue weighted by atomic mass is 32.2. The molecule has 2 aromatic carbocycles. The Morgan fingerprint density at radius 1 is 0.885 bits per heavy atom. The third-order valence-electron chi connectivity index (χ3n) is 5.77. The van der Waals surface area contributed by atoms with Gasteiger partial charge in [0.2, 0.25) is 10.0 Å². The molecule has 0 radical (unpaired) electrons. The van der Waals surface area contributed by atoms with Crippen molar-refractivity contribution in [2.75, 3.05) is 6.26 Å². The number of piperidine rings is 1. The summed E-state index contributed by atoms with van der Waals surface area (Å²) < 4.78 is 28.3. The number of benzene rings is 2. The van der Waals surface area contributed by atoms with Gasteiger partial charge < -0.3 is 0 Å². The molecule has 2 aliphatic heterocycles. The second-order valence-corrected chi connectivity index (χ2v) is 10.4. The van der Waals surface area contributed by atoms with E-state index in [1.165, 1.54) is 5.56 Å². The van der Waals surface area contributed by atoms with E-state index in [0.717, 1.165) is 36.8 Å². The van der Waals surface area contributed by atoms with Crippen LogP contribution in [0.25, 0.3) is 11.1 Å². The molecule has 4 rings (SSSR count). The van der Waals surface area contributed by atoms with Crippen LogP contribution in [-0.2, 0) is 10.0 Å². The van der Waals surface area contributed by atoms with Crippen LogP contribution in [0, 0.1) is 6.92 Å². The Balaban J connectivity index is 1.60. The van der Waals surface area contributed by atoms with Gasteiger partial charge in [-0.1, -0.05) is 42.0 Å². The molecular formula is C21H25NO2S2. The van der Waals surface area contributed by atoms with Gasteiger partial charge in [-0.2, -0.15) is 16.1 Å². The third kappa shape index (κ3) is 3.21. The fraction of sp³-hybridized carbons (Fsp3) is 0.429. The van der Waals surface area contributed by atoms with Gasteiger partial charge in [-0.05, 0) is 62.1 Å². The minimum absolute atomic E-state index is 0.174. The van der Waals surface area contributed by atoms with Crippen LogP contribution in [0.5, 0.6) is 0 Å². The first-order valence-electron chi connectivity index (χ1n) is 9.22. The van der Waals surface area contributed by atoms with Gasteiger partial charge in [0.15, 0.2) is 0 Å². The molecule has 26 heavy (non-hydrogen) atoms. The topological polar surface area (TPSA) is 37.4 Å². The maximum atomic E-state index is 13.3. The lowest BCUT2D eigenvalue weighted by Gasteiger charge is -2.37. The number of sulfonamides is 1. The number of fused-ring (bicyclic) bond motifs is 2. The average Bonchev–Trinajstić information content (AvgIpc) is 2.94. The minimum atomic E-state index is -3.41. The van der Waals surface area contributed by atoms with Crippen LogP contribution in [0.1, 0.15) is 31.2 Å². The van der Waals surface area contributed by atoms with Crippen LogP contribution < -0.4 is 0 Å². The van der Waals surface area contributed by atoms with Gasteiger partial charge in [0, 0.05) is 17.3 Å². The van der Waals surface area contributed by atoms with Crippen LogP contribution in [0.4, 0.5) is 0 Å². The van der Waals surface area contributed by atoms with Crippen molar-refractivity contribution in [2.24, 2.45) is 0 Å². The van der Waals surface area contributed by atoms with Gasteiger partial charge in [0.05, 0.1) is 4.90 Å². The molecule has 0 spiro atoms. The zero-order valence-corrected chi connectivity index (χ0v) is 16.9. The Labute approximate surface area is 160 Å². The molecule has 2 atom stereocenters. The Hall–Kier alpha value is -1.30. The lowest BCUT2D eigenvalue weighted by molar-refractivity contribution is 0.253. The van der Waals surface area contributed by atoms with E-state index in [1.807, 2.05) is 28.2 Å². The molecular weight excluding hydrogens is 362 g/mol. The number of nitrogens with zero attached hydrogens (tertiary/aromatic N) is 1. The maximum absolute atomic E-state index is 13.3. The van der Waals surface area contributed by atoms with E-state index in [1.54, 1.807) is 12.1 Å². The highest BCUT2D eigenvalue weighted by molar-refractivity contribution is 7.99. The van der Waals surface area contributed by atoms with Crippen LogP contribution in [0.3, 0.4) is 0 Å². The monoisotopic (exact) mass is 387 g/mol. The van der Waals surface area contributed by atoms with Crippen molar-refractivity contribution >= 4 is 21.8 Å². The van der Waals surface area contributed by atoms with Crippen molar-refractivity contribution in [1.29, 1.82) is 0 Å². The zero-order valence-electron chi connectivity index (χ0n) is 15.3. The summed E-state index contributed by atoms with van der Waals surface area (Å²) in [6, 6.07) is 16.0. The molecule has 2 heterocycles. The summed E-state index contributed by atoms with van der Waals surface area (Å²) >= 11 is 1.88. The number of hydrogen-bond donors (Lipinski definition) is 0. The molecule has 2 aromatic rings. The molecule has 0 amide bonds. The van der Waals surface area contributed by atoms with Crippen molar-refractivity contribution < 1.29 is 8.42 Å². The quantitative estimate of drug-likeness (QED) is 0.762. The van der Waals surface area contributed by atoms with E-state index in [0.29, 0.717) is 10.1 Å². The van der Waals surface area contributed by atoms with Gasteiger partial charge in [-0.3, -0.25) is 0 Å². The summed E-state index contributed by atoms with van der Waals surface area (Å²) in [4.78, 5) is 0.424. The zero-order chi connectivity index (χ0) is 18.3. The molecule has 138 valence electrons. The summed E-state index contributed by atoms with van der Waals surface area (Å²) in [6.07, 6.45) is 6.11. The second kappa shape index (κ2) is 7.02. The molecule has 2 fully saturated rings. The highest BCUT2D eigenvalue weighted by Crippen LogP contribution is 2.42. The minimum Gasteiger partial charge on any atom is -0.207 e. The molecule has 2 bridgehead atoms. The van der Waals surface area contributed by atoms with E-state index >= 15 is 0 Å². The SMILES string of the molecule is CSC1CC2CCC(C1)N2S(=O)(=O)c1ccc(-c2ccc(C)cc2)cc1. The predicted octanol–water partition coefficient (Wildman–Crippen LogP) is 4.71. The van der Waals surface area contributed by atoms with Crippen molar-refractivity contribution in [3.63, 3.8) is 0 Å². The Morgan fingerprint density at radius 2 is 1.38 bits per heavy atom. The summed E-state index contributed by atoms with van der Waals surface area (Å²) in [5, 5.41) is 0.600. The molecule has 0 aliphatic carbocycles. The van der Waals surface area contributed by atoms with Gasteiger partial charge >= 0.3 is 0 Å². The average molecular weight is 388 g/mol. The van der Waals surface area contributed by atoms with Crippen molar-refractivity contribution in [3.8, 4) is 11.1 Å². The Kier molecular flexibility index (Phi) is 4.88. The summed E-state index contributed by atoms with van der Waals surface area (Å²) in [5.74, 6) is 0. The maximum Gasteiger partial charge on any atom is 0.243 e. The summed E-state index contributed by atoms with van der Waals surface area (Å²) in [7, 11) is -3.41. The van der Waals surface area contributed by atoms with E-state index in [9.17, 15) is 8.42 Å². The molecule has 0 N–H and O–H groups in total. The predicted molar refractivity (Wildman–Crippen MR) is 109 cm³/mol. The molecule has 0 aromatic heterocycles. The van der Waals surface area contributed by atoms with Gasteiger partial charge in [-0.15, -0.1) is 0 Å². The van der Waals surface area contributed by atoms with E-state index in [4.69, 9.17) is 0 Å². The lowest BCUT2D eigenvalue weighted by Crippen LogP contribution is -2.47. The first-order chi connectivity index (χ1) is 12.5. The van der Waals surface area contributed by atoms with Crippen LogP contribution in [0.2, 0.25) is 0 Å². The molecule has 2 unspecified atom stereocenters. The Morgan fingerprint density at radius 3 is 1.88 bits per heavy atom. The number of hydrogen-bond acceptors (Lipinski definition) is 3. The molecule has 3 nitrogen and oxygen atoms in total. The summed E-state index contributed by atoms with van der Waals surface area (Å²) in [6.45, 7) is 2.06. The Bertz CT molecular complexity index is 861. The molecule has 2 aliphatic rings. The first kappa shape index (κ1) is 18.1. The van der Waals surface area contributed by atoms with Crippen LogP contribution in [-0.4, -0.2) is 36.3 Å². The van der Waals surface area contributed by atoms with E-state index in [-0.39, 0.29) is 12.1 Å². The van der Waals surface area contributed by atoms with Crippen molar-refractivity contribution in [3.05, 3.63) is 54.1 Å². The fourth-order valence-corrected chi connectivity index (χ4v) is 7.08. The molecule has 0 saturated carbocycles. The van der Waals surface area contributed by atoms with E-state index in [2.05, 4.69) is 37.4 Å². The standard InChI is InChI=1S/C21H25NO2S2/c1-15-3-5-16(6-4-15)17-7-11-21(12-8-17)26(23,24)22-18-9-10-19(22)14-20(13-18)25-2/h3-8,11-12,18-20H,9-10,13-14H2,1-2H3. The molecule has 5 heteroatoms. The lowest BCUT2D eigenvalue weighted by atomic mass is 10.0. The van der Waals surface area contributed by atoms with Gasteiger partial charge in [0.1, 0.15) is 0 Å². The number of aryl methyl sites for hydroxylation is 1. The van der Waals surface area contributed by atoms with Crippen molar-refractivity contribution in [1.82, 2.24) is 4.31 Å². The second-order valence-electron chi connectivity index (χ2n) is 7.44. The van der Waals surface area contributed by atoms with Crippen LogP contribution in [0.15, 0.2) is 53.4 Å². The molecule has 2 saturated heterocycles. The van der Waals surface area contributed by atoms with Gasteiger partial charge in [0.25, 0.3) is 0 Å². The number of rotatable bonds is 4. The summed E-state index contributed by atoms with van der Waals surface area (Å²) in [5.41, 5.74) is 3.38. The normalized spacial score (nSPS) is 26.2. The highest BCUT2D eigenvalue weighted by Gasteiger charge is 2.46. The van der Waals surface area contributed by atoms with Crippen LogP contribution >= 0.6 is 11.8 Å². The fourth-order valence-electron chi connectivity index (χ4n) is 4.36. The third-order valence-corrected chi connectivity index (χ3v) is 8.84. The first-order valence-corrected chi connectivity index (χ1v) is 12.0. The van der Waals surface area contributed by atoms with Crippen molar-refractivity contribution in [2.45, 2.75) is 54.8 Å². The van der Waals surface area contributed by atoms with Gasteiger partial charge in [-0.25, -0.2) is 8.42 Å². The van der Waals surface area contributed by atoms with E-state index < -0.39 is 10.0 Å². The smallest absolute Gasteiger partial charge is 0.207 e. The number of thioether (sulfide) groups is 1.